The quantitative estimate of drug-likeness (QED) is 0.504. The summed E-state index contributed by atoms with van der Waals surface area (Å²) in [6.45, 7) is 0. The van der Waals surface area contributed by atoms with Gasteiger partial charge < -0.3 is 0 Å². The summed E-state index contributed by atoms with van der Waals surface area (Å²) in [5.74, 6) is 5.58. The van der Waals surface area contributed by atoms with Crippen LogP contribution in [0.5, 0.6) is 0 Å². The molecule has 0 aliphatic carbocycles. The number of hydrogen-bond acceptors (Lipinski definition) is 1. The van der Waals surface area contributed by atoms with Crippen LogP contribution in [-0.2, 0) is 0 Å². The third kappa shape index (κ3) is 3.53. The van der Waals surface area contributed by atoms with Crippen molar-refractivity contribution in [3.8, 4) is 11.8 Å². The van der Waals surface area contributed by atoms with E-state index in [-0.39, 0.29) is 11.6 Å². The summed E-state index contributed by atoms with van der Waals surface area (Å²) in [5, 5.41) is 0. The predicted molar refractivity (Wildman–Crippen MR) is 88.7 cm³/mol. The van der Waals surface area contributed by atoms with Gasteiger partial charge in [-0.3, -0.25) is 4.79 Å². The Labute approximate surface area is 134 Å². The van der Waals surface area contributed by atoms with Crippen molar-refractivity contribution < 1.29 is 9.18 Å². The van der Waals surface area contributed by atoms with E-state index in [9.17, 15) is 9.18 Å². The molecule has 23 heavy (non-hydrogen) atoms. The molecular weight excluding hydrogens is 287 g/mol. The summed E-state index contributed by atoms with van der Waals surface area (Å²) in [6.07, 6.45) is 0. The largest absolute Gasteiger partial charge is 0.289 e. The Balaban J connectivity index is 1.97. The Kier molecular flexibility index (Phi) is 4.31. The minimum Gasteiger partial charge on any atom is -0.289 e. The number of ketones is 1. The molecule has 0 bridgehead atoms. The summed E-state index contributed by atoms with van der Waals surface area (Å²) in [5.41, 5.74) is 2.50. The highest BCUT2D eigenvalue weighted by Gasteiger charge is 2.12. The molecule has 0 saturated heterocycles. The zero-order valence-electron chi connectivity index (χ0n) is 12.3. The van der Waals surface area contributed by atoms with Gasteiger partial charge in [0, 0.05) is 22.3 Å². The summed E-state index contributed by atoms with van der Waals surface area (Å²) >= 11 is 0. The molecule has 0 atom stereocenters. The van der Waals surface area contributed by atoms with Crippen LogP contribution in [0.25, 0.3) is 0 Å². The lowest BCUT2D eigenvalue weighted by Crippen LogP contribution is -2.03. The second-order valence-corrected chi connectivity index (χ2v) is 5.00. The molecule has 3 aromatic rings. The Morgan fingerprint density at radius 2 is 1.39 bits per heavy atom. The van der Waals surface area contributed by atoms with E-state index in [0.29, 0.717) is 16.7 Å². The van der Waals surface area contributed by atoms with Crippen LogP contribution in [0, 0.1) is 17.7 Å². The van der Waals surface area contributed by atoms with Gasteiger partial charge in [0.05, 0.1) is 0 Å². The van der Waals surface area contributed by atoms with E-state index in [1.54, 1.807) is 12.1 Å². The Morgan fingerprint density at radius 1 is 0.739 bits per heavy atom. The van der Waals surface area contributed by atoms with Crippen LogP contribution < -0.4 is 0 Å². The molecular formula is C21H13FO. The van der Waals surface area contributed by atoms with Crippen molar-refractivity contribution in [3.05, 3.63) is 107 Å². The van der Waals surface area contributed by atoms with Crippen molar-refractivity contribution in [2.75, 3.05) is 0 Å². The molecule has 3 rings (SSSR count). The molecule has 0 aliphatic heterocycles. The second-order valence-electron chi connectivity index (χ2n) is 5.00. The Hall–Kier alpha value is -3.18. The molecule has 0 spiro atoms. The van der Waals surface area contributed by atoms with Crippen molar-refractivity contribution in [1.82, 2.24) is 0 Å². The number of benzene rings is 3. The number of carbonyl (C=O) groups excluding carboxylic acids is 1. The maximum absolute atomic E-state index is 13.0. The van der Waals surface area contributed by atoms with E-state index in [0.717, 1.165) is 5.56 Å². The minimum absolute atomic E-state index is 0.164. The molecule has 0 heterocycles. The van der Waals surface area contributed by atoms with Crippen molar-refractivity contribution in [2.45, 2.75) is 0 Å². The van der Waals surface area contributed by atoms with Crippen LogP contribution in [0.3, 0.4) is 0 Å². The van der Waals surface area contributed by atoms with Gasteiger partial charge in [-0.25, -0.2) is 4.39 Å². The number of hydrogen-bond donors (Lipinski definition) is 0. The summed E-state index contributed by atoms with van der Waals surface area (Å²) in [7, 11) is 0. The molecule has 0 amide bonds. The molecule has 0 saturated carbocycles. The van der Waals surface area contributed by atoms with Gasteiger partial charge in [0.1, 0.15) is 5.82 Å². The first-order valence-corrected chi connectivity index (χ1v) is 7.20. The summed E-state index contributed by atoms with van der Waals surface area (Å²) in [6, 6.07) is 22.3. The third-order valence-corrected chi connectivity index (χ3v) is 3.39. The monoisotopic (exact) mass is 300 g/mol. The van der Waals surface area contributed by atoms with Crippen LogP contribution in [0.15, 0.2) is 78.9 Å². The third-order valence-electron chi connectivity index (χ3n) is 3.39. The van der Waals surface area contributed by atoms with E-state index in [1.807, 2.05) is 42.5 Å². The van der Waals surface area contributed by atoms with Gasteiger partial charge in [0.25, 0.3) is 0 Å². The van der Waals surface area contributed by atoms with Crippen LogP contribution in [0.4, 0.5) is 4.39 Å². The van der Waals surface area contributed by atoms with Gasteiger partial charge in [0.15, 0.2) is 5.78 Å². The molecule has 0 fully saturated rings. The lowest BCUT2D eigenvalue weighted by atomic mass is 9.98. The van der Waals surface area contributed by atoms with E-state index < -0.39 is 0 Å². The first-order valence-electron chi connectivity index (χ1n) is 7.20. The molecule has 110 valence electrons. The fourth-order valence-electron chi connectivity index (χ4n) is 2.21. The van der Waals surface area contributed by atoms with Gasteiger partial charge in [-0.1, -0.05) is 42.2 Å². The van der Waals surface area contributed by atoms with Crippen LogP contribution in [0.1, 0.15) is 27.0 Å². The summed E-state index contributed by atoms with van der Waals surface area (Å²) in [4.78, 5) is 12.6. The smallest absolute Gasteiger partial charge is 0.194 e. The van der Waals surface area contributed by atoms with E-state index in [4.69, 9.17) is 0 Å². The molecule has 0 N–H and O–H groups in total. The zero-order valence-corrected chi connectivity index (χ0v) is 12.3. The second kappa shape index (κ2) is 6.72. The van der Waals surface area contributed by atoms with Gasteiger partial charge in [-0.15, -0.1) is 0 Å². The Bertz CT molecular complexity index is 884. The van der Waals surface area contributed by atoms with Gasteiger partial charge in [-0.05, 0) is 48.5 Å². The molecule has 0 radical (unpaired) electrons. The van der Waals surface area contributed by atoms with Crippen molar-refractivity contribution in [3.63, 3.8) is 0 Å². The minimum atomic E-state index is -0.362. The lowest BCUT2D eigenvalue weighted by Gasteiger charge is -2.04. The van der Waals surface area contributed by atoms with E-state index in [1.165, 1.54) is 24.3 Å². The topological polar surface area (TPSA) is 17.1 Å². The predicted octanol–water partition coefficient (Wildman–Crippen LogP) is 4.46. The average Bonchev–Trinajstić information content (AvgIpc) is 2.61. The van der Waals surface area contributed by atoms with Gasteiger partial charge in [-0.2, -0.15) is 0 Å². The van der Waals surface area contributed by atoms with Gasteiger partial charge >= 0.3 is 0 Å². The standard InChI is InChI=1S/C21H13FO/c22-19-14-12-18(13-15-19)21(23)20-9-5-4-8-17(20)11-10-16-6-2-1-3-7-16/h1-9,12-15H. The molecule has 3 aromatic carbocycles. The van der Waals surface area contributed by atoms with Crippen LogP contribution >= 0.6 is 0 Å². The number of halogens is 1. The van der Waals surface area contributed by atoms with Gasteiger partial charge in [0.2, 0.25) is 0 Å². The molecule has 1 nitrogen and oxygen atoms in total. The molecule has 0 aromatic heterocycles. The normalized spacial score (nSPS) is 9.78. The first-order chi connectivity index (χ1) is 11.2. The van der Waals surface area contributed by atoms with Crippen molar-refractivity contribution >= 4 is 5.78 Å². The van der Waals surface area contributed by atoms with Crippen molar-refractivity contribution in [1.29, 1.82) is 0 Å². The Morgan fingerprint density at radius 3 is 2.13 bits per heavy atom. The maximum Gasteiger partial charge on any atom is 0.194 e. The highest BCUT2D eigenvalue weighted by atomic mass is 19.1. The first kappa shape index (κ1) is 14.7. The molecule has 0 unspecified atom stereocenters. The fourth-order valence-corrected chi connectivity index (χ4v) is 2.21. The van der Waals surface area contributed by atoms with Crippen LogP contribution in [-0.4, -0.2) is 5.78 Å². The molecule has 0 aliphatic rings. The van der Waals surface area contributed by atoms with Crippen molar-refractivity contribution in [2.24, 2.45) is 0 Å². The number of carbonyl (C=O) groups is 1. The zero-order chi connectivity index (χ0) is 16.1. The highest BCUT2D eigenvalue weighted by Crippen LogP contribution is 2.15. The fraction of sp³-hybridized carbons (Fsp3) is 0. The SMILES string of the molecule is O=C(c1ccc(F)cc1)c1ccccc1C#Cc1ccccc1. The summed E-state index contributed by atoms with van der Waals surface area (Å²) < 4.78 is 13.0. The highest BCUT2D eigenvalue weighted by molar-refractivity contribution is 6.10. The van der Waals surface area contributed by atoms with E-state index in [2.05, 4.69) is 11.8 Å². The maximum atomic E-state index is 13.0. The molecule has 2 heteroatoms. The van der Waals surface area contributed by atoms with E-state index >= 15 is 0 Å². The average molecular weight is 300 g/mol. The number of rotatable bonds is 2. The lowest BCUT2D eigenvalue weighted by molar-refractivity contribution is 0.103. The van der Waals surface area contributed by atoms with Crippen LogP contribution in [0.2, 0.25) is 0 Å².